The summed E-state index contributed by atoms with van der Waals surface area (Å²) in [6, 6.07) is 5.81. The Morgan fingerprint density at radius 1 is 1.11 bits per heavy atom. The lowest BCUT2D eigenvalue weighted by Gasteiger charge is -2.38. The summed E-state index contributed by atoms with van der Waals surface area (Å²) in [6.45, 7) is 5.91. The number of carbonyl (C=O) groups is 4. The number of hydrogen-bond acceptors (Lipinski definition) is 4. The first-order valence-corrected chi connectivity index (χ1v) is 14.2. The first-order valence-electron chi connectivity index (χ1n) is 13.1. The monoisotopic (exact) mass is 575 g/mol. The molecule has 3 rings (SSSR count). The molecule has 2 N–H and O–H groups in total. The number of fused-ring (bicyclic) bond motifs is 1. The van der Waals surface area contributed by atoms with Gasteiger partial charge in [0.15, 0.2) is 5.78 Å². The lowest BCUT2D eigenvalue weighted by molar-refractivity contribution is -0.140. The van der Waals surface area contributed by atoms with E-state index in [9.17, 15) is 24.3 Å². The molecule has 1 aliphatic carbocycles. The molecule has 0 aliphatic heterocycles. The first-order chi connectivity index (χ1) is 17.6. The van der Waals surface area contributed by atoms with Gasteiger partial charge in [-0.1, -0.05) is 67.2 Å². The number of para-hydroxylation sites is 1. The average molecular weight is 577 g/mol. The van der Waals surface area contributed by atoms with Gasteiger partial charge in [0.1, 0.15) is 11.7 Å². The quantitative estimate of drug-likeness (QED) is 0.384. The topological polar surface area (TPSA) is 109 Å². The Labute approximate surface area is 226 Å². The lowest BCUT2D eigenvalue weighted by atomic mass is 9.92. The molecule has 0 radical (unpaired) electrons. The second kappa shape index (κ2) is 12.7. The summed E-state index contributed by atoms with van der Waals surface area (Å²) in [5, 5.41) is 12.8. The molecule has 1 fully saturated rings. The Bertz CT molecular complexity index is 1150. The van der Waals surface area contributed by atoms with Gasteiger partial charge in [0.2, 0.25) is 5.91 Å². The maximum Gasteiger partial charge on any atom is 0.305 e. The van der Waals surface area contributed by atoms with Crippen molar-refractivity contribution in [3.63, 3.8) is 0 Å². The fourth-order valence-electron chi connectivity index (χ4n) is 5.43. The number of aromatic nitrogens is 1. The number of carboxylic acid groups (broad SMARTS) is 1. The fraction of sp³-hybridized carbons (Fsp3) is 0.571. The Morgan fingerprint density at radius 2 is 1.76 bits per heavy atom. The predicted octanol–water partition coefficient (Wildman–Crippen LogP) is 4.46. The van der Waals surface area contributed by atoms with Gasteiger partial charge in [-0.3, -0.25) is 19.2 Å². The summed E-state index contributed by atoms with van der Waals surface area (Å²) in [5.41, 5.74) is 2.52. The van der Waals surface area contributed by atoms with E-state index in [1.165, 1.54) is 0 Å². The van der Waals surface area contributed by atoms with Gasteiger partial charge in [0, 0.05) is 24.0 Å². The van der Waals surface area contributed by atoms with Crippen molar-refractivity contribution in [2.45, 2.75) is 83.8 Å². The summed E-state index contributed by atoms with van der Waals surface area (Å²) in [4.78, 5) is 53.1. The van der Waals surface area contributed by atoms with E-state index in [0.29, 0.717) is 11.6 Å². The van der Waals surface area contributed by atoms with Gasteiger partial charge >= 0.3 is 5.97 Å². The van der Waals surface area contributed by atoms with Crippen molar-refractivity contribution >= 4 is 50.4 Å². The average Bonchev–Trinajstić information content (AvgIpc) is 3.14. The van der Waals surface area contributed by atoms with E-state index < -0.39 is 36.2 Å². The number of nitrogens with zero attached hydrogens (tertiary/aromatic N) is 2. The summed E-state index contributed by atoms with van der Waals surface area (Å²) in [5.74, 6) is -2.00. The van der Waals surface area contributed by atoms with Crippen LogP contribution in [0.1, 0.15) is 75.3 Å². The van der Waals surface area contributed by atoms with Crippen molar-refractivity contribution in [2.75, 3.05) is 5.33 Å². The normalized spacial score (nSPS) is 15.9. The van der Waals surface area contributed by atoms with E-state index in [-0.39, 0.29) is 17.3 Å². The second-order valence-electron chi connectivity index (χ2n) is 10.4. The molecule has 1 heterocycles. The number of rotatable bonds is 11. The highest BCUT2D eigenvalue weighted by Crippen LogP contribution is 2.32. The minimum Gasteiger partial charge on any atom is -0.481 e. The molecule has 0 saturated heterocycles. The molecule has 2 amide bonds. The third-order valence-corrected chi connectivity index (χ3v) is 7.79. The Morgan fingerprint density at radius 3 is 2.35 bits per heavy atom. The summed E-state index contributed by atoms with van der Waals surface area (Å²) < 4.78 is 1.93. The molecule has 1 aromatic carbocycles. The largest absolute Gasteiger partial charge is 0.481 e. The minimum atomic E-state index is -1.18. The van der Waals surface area contributed by atoms with Gasteiger partial charge in [-0.2, -0.15) is 0 Å². The van der Waals surface area contributed by atoms with Crippen molar-refractivity contribution in [3.8, 4) is 0 Å². The maximum atomic E-state index is 14.4. The molecule has 37 heavy (non-hydrogen) atoms. The first kappa shape index (κ1) is 28.9. The minimum absolute atomic E-state index is 0.0701. The zero-order valence-corrected chi connectivity index (χ0v) is 23.7. The zero-order chi connectivity index (χ0) is 27.3. The number of hydrogen-bond donors (Lipinski definition) is 2. The highest BCUT2D eigenvalue weighted by Gasteiger charge is 2.37. The lowest BCUT2D eigenvalue weighted by Crippen LogP contribution is -2.56. The van der Waals surface area contributed by atoms with E-state index in [1.807, 2.05) is 35.9 Å². The third-order valence-electron chi connectivity index (χ3n) is 7.24. The predicted molar refractivity (Wildman–Crippen MR) is 147 cm³/mol. The molecular weight excluding hydrogens is 538 g/mol. The third kappa shape index (κ3) is 6.61. The molecule has 8 nitrogen and oxygen atoms in total. The fourth-order valence-corrected chi connectivity index (χ4v) is 5.82. The summed E-state index contributed by atoms with van der Waals surface area (Å²) >= 11 is 3.07. The van der Waals surface area contributed by atoms with Crippen LogP contribution in [-0.2, 0) is 27.9 Å². The van der Waals surface area contributed by atoms with Gasteiger partial charge < -0.3 is 19.9 Å². The number of Topliss-reactive ketones (excluding diaryl/α,β-unsaturated/α-hetero) is 1. The standard InChI is InChI=1S/C28H38BrN3O5/c1-17(2)14-21-20-12-8-9-13-23(20)31(4)26(21)28(37)32(19-10-6-5-7-11-19)18(3)27(36)30-22(15-25(34)35)24(33)16-29/h8-9,12-13,17-19,22H,5-7,10-11,14-16H2,1-4H3,(H,30,36)(H,34,35)/t18-,22?/m0/s1. The number of amides is 2. The number of benzene rings is 1. The van der Waals surface area contributed by atoms with E-state index >= 15 is 0 Å². The SMILES string of the molecule is CC(C)Cc1c(C(=O)N(C2CCCCC2)[C@@H](C)C(=O)NC(CC(=O)O)C(=O)CBr)n(C)c2ccccc12. The van der Waals surface area contributed by atoms with Crippen LogP contribution in [0.25, 0.3) is 10.9 Å². The molecule has 0 bridgehead atoms. The Balaban J connectivity index is 2.03. The van der Waals surface area contributed by atoms with E-state index in [2.05, 4.69) is 35.1 Å². The Kier molecular flexibility index (Phi) is 9.93. The van der Waals surface area contributed by atoms with Crippen LogP contribution in [0.2, 0.25) is 0 Å². The second-order valence-corrected chi connectivity index (χ2v) is 11.0. The zero-order valence-electron chi connectivity index (χ0n) is 22.1. The van der Waals surface area contributed by atoms with Crippen LogP contribution in [0.15, 0.2) is 24.3 Å². The molecule has 1 aromatic heterocycles. The number of alkyl halides is 1. The van der Waals surface area contributed by atoms with Crippen molar-refractivity contribution in [1.82, 2.24) is 14.8 Å². The van der Waals surface area contributed by atoms with E-state index in [0.717, 1.165) is 55.0 Å². The van der Waals surface area contributed by atoms with Crippen LogP contribution < -0.4 is 5.32 Å². The Hall–Kier alpha value is -2.68. The molecule has 1 saturated carbocycles. The summed E-state index contributed by atoms with van der Waals surface area (Å²) in [7, 11) is 1.89. The number of aliphatic carboxylic acids is 1. The molecule has 1 unspecified atom stereocenters. The van der Waals surface area contributed by atoms with Crippen molar-refractivity contribution in [1.29, 1.82) is 0 Å². The van der Waals surface area contributed by atoms with Gasteiger partial charge in [0.25, 0.3) is 5.91 Å². The van der Waals surface area contributed by atoms with Crippen LogP contribution >= 0.6 is 15.9 Å². The number of carboxylic acids is 1. The highest BCUT2D eigenvalue weighted by atomic mass is 79.9. The molecule has 9 heteroatoms. The molecule has 2 aromatic rings. The molecule has 2 atom stereocenters. The number of ketones is 1. The number of halogens is 1. The van der Waals surface area contributed by atoms with Gasteiger partial charge in [0.05, 0.1) is 17.8 Å². The van der Waals surface area contributed by atoms with E-state index in [4.69, 9.17) is 0 Å². The van der Waals surface area contributed by atoms with Crippen molar-refractivity contribution in [3.05, 3.63) is 35.5 Å². The summed E-state index contributed by atoms with van der Waals surface area (Å²) in [6.07, 6.45) is 4.84. The van der Waals surface area contributed by atoms with Crippen LogP contribution in [0.3, 0.4) is 0 Å². The van der Waals surface area contributed by atoms with Crippen LogP contribution in [0, 0.1) is 5.92 Å². The number of nitrogens with one attached hydrogen (secondary N) is 1. The highest BCUT2D eigenvalue weighted by molar-refractivity contribution is 9.09. The molecule has 1 aliphatic rings. The van der Waals surface area contributed by atoms with Crippen LogP contribution in [0.4, 0.5) is 0 Å². The maximum absolute atomic E-state index is 14.4. The van der Waals surface area contributed by atoms with Crippen molar-refractivity contribution < 1.29 is 24.3 Å². The molecule has 202 valence electrons. The number of carbonyl (C=O) groups excluding carboxylic acids is 3. The van der Waals surface area contributed by atoms with Gasteiger partial charge in [-0.25, -0.2) is 0 Å². The number of aryl methyl sites for hydroxylation is 1. The van der Waals surface area contributed by atoms with Crippen LogP contribution in [0.5, 0.6) is 0 Å². The molecule has 0 spiro atoms. The van der Waals surface area contributed by atoms with E-state index in [1.54, 1.807) is 11.8 Å². The van der Waals surface area contributed by atoms with Crippen LogP contribution in [-0.4, -0.2) is 61.6 Å². The van der Waals surface area contributed by atoms with Gasteiger partial charge in [-0.05, 0) is 43.7 Å². The van der Waals surface area contributed by atoms with Crippen molar-refractivity contribution in [2.24, 2.45) is 13.0 Å². The molecular formula is C28H38BrN3O5. The smallest absolute Gasteiger partial charge is 0.305 e. The van der Waals surface area contributed by atoms with Gasteiger partial charge in [-0.15, -0.1) is 0 Å².